The zero-order valence-corrected chi connectivity index (χ0v) is 23.0. The van der Waals surface area contributed by atoms with Crippen LogP contribution in [-0.4, -0.2) is 53.0 Å². The van der Waals surface area contributed by atoms with Crippen molar-refractivity contribution in [1.29, 1.82) is 0 Å². The van der Waals surface area contributed by atoms with Crippen molar-refractivity contribution >= 4 is 43.5 Å². The summed E-state index contributed by atoms with van der Waals surface area (Å²) in [5.74, 6) is -10.7. The summed E-state index contributed by atoms with van der Waals surface area (Å²) >= 11 is 6.44. The minimum Gasteiger partial charge on any atom is -0.346 e. The zero-order chi connectivity index (χ0) is 29.1. The van der Waals surface area contributed by atoms with Crippen molar-refractivity contribution in [3.8, 4) is 0 Å². The van der Waals surface area contributed by atoms with Crippen molar-refractivity contribution < 1.29 is 39.9 Å². The van der Waals surface area contributed by atoms with Gasteiger partial charge in [-0.3, -0.25) is 9.80 Å². The number of nitrogens with zero attached hydrogens (tertiary/aromatic N) is 3. The van der Waals surface area contributed by atoms with Crippen LogP contribution in [0.1, 0.15) is 30.1 Å². The van der Waals surface area contributed by atoms with Gasteiger partial charge in [0.1, 0.15) is 35.0 Å². The number of nitrogens with one attached hydrogen (secondary N) is 1. The average Bonchev–Trinajstić information content (AvgIpc) is 2.83. The van der Waals surface area contributed by atoms with Crippen molar-refractivity contribution in [3.63, 3.8) is 0 Å². The molecular formula is C24H20Br2F8N4O. The molecule has 0 spiro atoms. The minimum absolute atomic E-state index is 0.109. The van der Waals surface area contributed by atoms with Crippen LogP contribution in [0.4, 0.5) is 35.1 Å². The lowest BCUT2D eigenvalue weighted by molar-refractivity contribution is -0.124. The van der Waals surface area contributed by atoms with Gasteiger partial charge >= 0.3 is 0 Å². The molecule has 15 heteroatoms. The fourth-order valence-corrected chi connectivity index (χ4v) is 4.62. The molecule has 1 amide bonds. The Morgan fingerprint density at radius 1 is 1.08 bits per heavy atom. The van der Waals surface area contributed by atoms with Crippen molar-refractivity contribution in [2.45, 2.75) is 43.6 Å². The maximum atomic E-state index is 14.4. The lowest BCUT2D eigenvalue weighted by Crippen LogP contribution is -2.42. The first-order valence-corrected chi connectivity index (χ1v) is 12.8. The first-order valence-electron chi connectivity index (χ1n) is 11.2. The van der Waals surface area contributed by atoms with E-state index in [1.807, 2.05) is 0 Å². The number of hydrogen-bond acceptors (Lipinski definition) is 4. The number of benzene rings is 1. The number of alkyl halides is 6. The molecule has 212 valence electrons. The summed E-state index contributed by atoms with van der Waals surface area (Å²) in [6.45, 7) is 0.488. The quantitative estimate of drug-likeness (QED) is 0.256. The van der Waals surface area contributed by atoms with E-state index in [1.165, 1.54) is 0 Å². The number of rotatable bonds is 7. The summed E-state index contributed by atoms with van der Waals surface area (Å²) in [4.78, 5) is 17.2. The number of carbonyl (C=O) groups is 1. The molecule has 1 aliphatic rings. The maximum Gasteiger partial charge on any atom is 0.282 e. The van der Waals surface area contributed by atoms with Crippen LogP contribution in [0.3, 0.4) is 0 Å². The zero-order valence-electron chi connectivity index (χ0n) is 19.8. The van der Waals surface area contributed by atoms with Gasteiger partial charge in [-0.25, -0.2) is 40.1 Å². The van der Waals surface area contributed by atoms with Crippen LogP contribution >= 0.6 is 31.9 Å². The summed E-state index contributed by atoms with van der Waals surface area (Å²) in [5, 5.41) is 6.02. The monoisotopic (exact) mass is 690 g/mol. The molecule has 0 bridgehead atoms. The topological polar surface area (TPSA) is 57.6 Å². The van der Waals surface area contributed by atoms with Gasteiger partial charge in [0.25, 0.3) is 18.3 Å². The molecule has 2 heterocycles. The molecule has 1 N–H and O–H groups in total. The fourth-order valence-electron chi connectivity index (χ4n) is 3.80. The van der Waals surface area contributed by atoms with Crippen LogP contribution in [0.15, 0.2) is 56.7 Å². The SMILES string of the molecule is C=C1/C(C(F)F)=N\N(CC(=O)N[C@@H](Cc2cc(F)cc(F)c2)c2nc(Br)ccc2Br)CC(F)(F)CCC1(F)F. The van der Waals surface area contributed by atoms with Crippen LogP contribution in [0.2, 0.25) is 0 Å². The second kappa shape index (κ2) is 12.3. The Balaban J connectivity index is 1.94. The van der Waals surface area contributed by atoms with E-state index in [9.17, 15) is 39.9 Å². The molecular weight excluding hydrogens is 672 g/mol. The number of hydrogen-bond donors (Lipinski definition) is 1. The third-order valence-corrected chi connectivity index (χ3v) is 6.73. The van der Waals surface area contributed by atoms with Crippen LogP contribution in [0, 0.1) is 11.6 Å². The number of amides is 1. The van der Waals surface area contributed by atoms with E-state index in [0.29, 0.717) is 15.1 Å². The molecule has 3 rings (SSSR count). The highest BCUT2D eigenvalue weighted by molar-refractivity contribution is 9.11. The fraction of sp³-hybridized carbons (Fsp3) is 0.375. The number of aromatic nitrogens is 1. The van der Waals surface area contributed by atoms with Crippen molar-refractivity contribution in [2.24, 2.45) is 5.10 Å². The van der Waals surface area contributed by atoms with E-state index in [4.69, 9.17) is 0 Å². The number of carbonyl (C=O) groups excluding carboxylic acids is 1. The Morgan fingerprint density at radius 3 is 2.33 bits per heavy atom. The molecule has 1 aliphatic heterocycles. The highest BCUT2D eigenvalue weighted by atomic mass is 79.9. The number of pyridine rings is 1. The Hall–Kier alpha value is -2.55. The predicted molar refractivity (Wildman–Crippen MR) is 134 cm³/mol. The van der Waals surface area contributed by atoms with Crippen LogP contribution in [0.5, 0.6) is 0 Å². The third kappa shape index (κ3) is 8.47. The molecule has 0 aliphatic carbocycles. The number of allylic oxidation sites excluding steroid dienone is 1. The van der Waals surface area contributed by atoms with E-state index >= 15 is 0 Å². The lowest BCUT2D eigenvalue weighted by atomic mass is 9.99. The first kappa shape index (κ1) is 31.0. The van der Waals surface area contributed by atoms with Crippen LogP contribution in [0.25, 0.3) is 0 Å². The number of hydrazone groups is 1. The summed E-state index contributed by atoms with van der Waals surface area (Å²) in [7, 11) is 0. The van der Waals surface area contributed by atoms with E-state index in [0.717, 1.165) is 12.1 Å². The first-order chi connectivity index (χ1) is 18.1. The Morgan fingerprint density at radius 2 is 1.72 bits per heavy atom. The van der Waals surface area contributed by atoms with Gasteiger partial charge in [0.15, 0.2) is 0 Å². The van der Waals surface area contributed by atoms with E-state index in [-0.39, 0.29) is 22.7 Å². The molecule has 0 fully saturated rings. The van der Waals surface area contributed by atoms with Gasteiger partial charge in [-0.1, -0.05) is 6.58 Å². The molecule has 1 aromatic carbocycles. The molecule has 0 unspecified atom stereocenters. The van der Waals surface area contributed by atoms with Gasteiger partial charge in [0, 0.05) is 29.0 Å². The van der Waals surface area contributed by atoms with Gasteiger partial charge in [0.2, 0.25) is 5.91 Å². The third-order valence-electron chi connectivity index (χ3n) is 5.62. The van der Waals surface area contributed by atoms with Crippen LogP contribution < -0.4 is 5.32 Å². The Kier molecular flexibility index (Phi) is 9.78. The van der Waals surface area contributed by atoms with E-state index in [2.05, 4.69) is 53.8 Å². The standard InChI is InChI=1S/C24H20Br2F8N4O/c1-12-20(22(29)30)37-38(11-23(31,32)4-5-24(12,33)34)10-19(39)35-17(21-16(25)2-3-18(26)36-21)8-13-6-14(27)9-15(28)7-13/h2-3,6-7,9,17,22H,1,4-5,8,10-11H2,(H,35,39)/b37-20+/t17-/m0/s1. The van der Waals surface area contributed by atoms with Crippen molar-refractivity contribution in [1.82, 2.24) is 15.3 Å². The second-order valence-electron chi connectivity index (χ2n) is 8.75. The van der Waals surface area contributed by atoms with Crippen molar-refractivity contribution in [2.75, 3.05) is 13.1 Å². The normalized spacial score (nSPS) is 19.5. The molecule has 39 heavy (non-hydrogen) atoms. The summed E-state index contributed by atoms with van der Waals surface area (Å²) in [6, 6.07) is 4.70. The van der Waals surface area contributed by atoms with E-state index in [1.54, 1.807) is 12.1 Å². The molecule has 0 saturated heterocycles. The molecule has 2 aromatic rings. The lowest BCUT2D eigenvalue weighted by Gasteiger charge is -2.26. The Bertz CT molecular complexity index is 1250. The second-order valence-corrected chi connectivity index (χ2v) is 10.4. The van der Waals surface area contributed by atoms with Crippen LogP contribution in [-0.2, 0) is 11.2 Å². The average molecular weight is 692 g/mol. The summed E-state index contributed by atoms with van der Waals surface area (Å²) in [5.41, 5.74) is -2.65. The van der Waals surface area contributed by atoms with Gasteiger partial charge in [-0.15, -0.1) is 0 Å². The maximum absolute atomic E-state index is 14.4. The highest BCUT2D eigenvalue weighted by Crippen LogP contribution is 2.36. The van der Waals surface area contributed by atoms with Crippen molar-refractivity contribution in [3.05, 3.63) is 74.5 Å². The molecule has 0 radical (unpaired) electrons. The Labute approximate surface area is 234 Å². The molecule has 1 atom stereocenters. The van der Waals surface area contributed by atoms with Gasteiger partial charge < -0.3 is 5.32 Å². The predicted octanol–water partition coefficient (Wildman–Crippen LogP) is 6.83. The number of halogens is 10. The highest BCUT2D eigenvalue weighted by Gasteiger charge is 2.45. The summed E-state index contributed by atoms with van der Waals surface area (Å²) < 4.78 is 113. The molecule has 5 nitrogen and oxygen atoms in total. The van der Waals surface area contributed by atoms with Gasteiger partial charge in [-0.05, 0) is 68.1 Å². The molecule has 1 aromatic heterocycles. The smallest absolute Gasteiger partial charge is 0.282 e. The van der Waals surface area contributed by atoms with Gasteiger partial charge in [0.05, 0.1) is 11.7 Å². The summed E-state index contributed by atoms with van der Waals surface area (Å²) in [6.07, 6.45) is -6.61. The largest absolute Gasteiger partial charge is 0.346 e. The van der Waals surface area contributed by atoms with Gasteiger partial charge in [-0.2, -0.15) is 5.10 Å². The minimum atomic E-state index is -4.07. The van der Waals surface area contributed by atoms with E-state index < -0.39 is 79.1 Å². The molecule has 0 saturated carbocycles.